The van der Waals surface area contributed by atoms with Crippen LogP contribution in [0.5, 0.6) is 0 Å². The molecule has 1 aromatic rings. The first-order valence-corrected chi connectivity index (χ1v) is 7.21. The van der Waals surface area contributed by atoms with Gasteiger partial charge in [0.15, 0.2) is 5.03 Å². The van der Waals surface area contributed by atoms with Gasteiger partial charge in [0.2, 0.25) is 0 Å². The van der Waals surface area contributed by atoms with E-state index in [1.807, 2.05) is 6.92 Å². The number of rotatable bonds is 7. The zero-order valence-electron chi connectivity index (χ0n) is 10.6. The number of sulfonamides is 1. The fraction of sp³-hybridized carbons (Fsp3) is 0.545. The lowest BCUT2D eigenvalue weighted by Gasteiger charge is -2.17. The topological polar surface area (TPSA) is 94.3 Å². The van der Waals surface area contributed by atoms with Crippen molar-refractivity contribution < 1.29 is 13.2 Å². The first-order valence-electron chi connectivity index (χ1n) is 5.73. The molecular formula is C11H19N3O3S. The van der Waals surface area contributed by atoms with E-state index in [9.17, 15) is 8.42 Å². The number of nitrogen functional groups attached to an aromatic ring is 1. The molecule has 1 aromatic heterocycles. The van der Waals surface area contributed by atoms with Gasteiger partial charge in [-0.15, -0.1) is 0 Å². The van der Waals surface area contributed by atoms with Crippen molar-refractivity contribution in [3.63, 3.8) is 0 Å². The van der Waals surface area contributed by atoms with E-state index in [-0.39, 0.29) is 16.8 Å². The average molecular weight is 273 g/mol. The highest BCUT2D eigenvalue weighted by molar-refractivity contribution is 7.89. The Kier molecular flexibility index (Phi) is 5.52. The number of hydrogen-bond donors (Lipinski definition) is 2. The fourth-order valence-corrected chi connectivity index (χ4v) is 2.94. The van der Waals surface area contributed by atoms with Gasteiger partial charge in [0.1, 0.15) is 0 Å². The minimum atomic E-state index is -3.70. The maximum Gasteiger partial charge on any atom is 0.260 e. The van der Waals surface area contributed by atoms with Crippen molar-refractivity contribution in [2.24, 2.45) is 0 Å². The summed E-state index contributed by atoms with van der Waals surface area (Å²) in [5.74, 6) is 0. The minimum Gasteiger partial charge on any atom is -0.396 e. The van der Waals surface area contributed by atoms with Crippen molar-refractivity contribution in [2.45, 2.75) is 30.8 Å². The summed E-state index contributed by atoms with van der Waals surface area (Å²) in [6.07, 6.45) is 2.95. The highest BCUT2D eigenvalue weighted by Gasteiger charge is 2.22. The molecule has 7 heteroatoms. The average Bonchev–Trinajstić information content (AvgIpc) is 2.29. The first kappa shape index (κ1) is 14.9. The van der Waals surface area contributed by atoms with E-state index in [2.05, 4.69) is 9.71 Å². The second-order valence-corrected chi connectivity index (χ2v) is 5.59. The smallest absolute Gasteiger partial charge is 0.260 e. The molecule has 0 aliphatic rings. The predicted molar refractivity (Wildman–Crippen MR) is 69.5 cm³/mol. The Morgan fingerprint density at radius 3 is 2.83 bits per heavy atom. The van der Waals surface area contributed by atoms with Crippen LogP contribution in [0.3, 0.4) is 0 Å². The summed E-state index contributed by atoms with van der Waals surface area (Å²) in [7, 11) is -2.17. The van der Waals surface area contributed by atoms with Crippen LogP contribution in [0.4, 0.5) is 5.69 Å². The normalized spacial score (nSPS) is 13.4. The van der Waals surface area contributed by atoms with Crippen LogP contribution in [-0.2, 0) is 14.8 Å². The zero-order chi connectivity index (χ0) is 13.6. The Hall–Kier alpha value is -1.18. The third kappa shape index (κ3) is 3.94. The molecule has 0 aliphatic heterocycles. The number of nitrogens with zero attached hydrogens (tertiary/aromatic N) is 1. The van der Waals surface area contributed by atoms with E-state index in [1.54, 1.807) is 6.07 Å². The van der Waals surface area contributed by atoms with Gasteiger partial charge >= 0.3 is 0 Å². The molecule has 0 aliphatic carbocycles. The quantitative estimate of drug-likeness (QED) is 0.764. The van der Waals surface area contributed by atoms with Crippen molar-refractivity contribution in [1.82, 2.24) is 9.71 Å². The minimum absolute atomic E-state index is 0.137. The molecule has 0 saturated heterocycles. The molecule has 1 rings (SSSR count). The van der Waals surface area contributed by atoms with Crippen LogP contribution >= 0.6 is 0 Å². The Bertz CT molecular complexity index is 470. The van der Waals surface area contributed by atoms with Crippen molar-refractivity contribution in [1.29, 1.82) is 0 Å². The van der Waals surface area contributed by atoms with Gasteiger partial charge in [0, 0.05) is 19.3 Å². The van der Waals surface area contributed by atoms with Gasteiger partial charge in [-0.05, 0) is 18.6 Å². The summed E-state index contributed by atoms with van der Waals surface area (Å²) in [5, 5.41) is -0.137. The molecule has 0 radical (unpaired) electrons. The molecule has 3 N–H and O–H groups in total. The molecule has 1 heterocycles. The summed E-state index contributed by atoms with van der Waals surface area (Å²) in [4.78, 5) is 3.81. The Morgan fingerprint density at radius 1 is 1.56 bits per heavy atom. The fourth-order valence-electron chi connectivity index (χ4n) is 1.63. The van der Waals surface area contributed by atoms with E-state index in [0.717, 1.165) is 6.42 Å². The van der Waals surface area contributed by atoms with E-state index >= 15 is 0 Å². The Balaban J connectivity index is 2.90. The van der Waals surface area contributed by atoms with Crippen molar-refractivity contribution in [2.75, 3.05) is 19.5 Å². The zero-order valence-corrected chi connectivity index (χ0v) is 11.4. The van der Waals surface area contributed by atoms with Crippen LogP contribution in [-0.4, -0.2) is 33.2 Å². The molecule has 1 atom stereocenters. The number of methoxy groups -OCH3 is 1. The summed E-state index contributed by atoms with van der Waals surface area (Å²) >= 11 is 0. The molecule has 1 unspecified atom stereocenters. The summed E-state index contributed by atoms with van der Waals surface area (Å²) in [6, 6.07) is 2.83. The van der Waals surface area contributed by atoms with E-state index in [4.69, 9.17) is 10.5 Å². The monoisotopic (exact) mass is 273 g/mol. The largest absolute Gasteiger partial charge is 0.396 e. The van der Waals surface area contributed by atoms with Gasteiger partial charge in [0.05, 0.1) is 12.3 Å². The van der Waals surface area contributed by atoms with Gasteiger partial charge in [-0.25, -0.2) is 18.1 Å². The summed E-state index contributed by atoms with van der Waals surface area (Å²) in [5.41, 5.74) is 5.75. The number of nitrogens with two attached hydrogens (primary N) is 1. The molecule has 0 aromatic carbocycles. The maximum atomic E-state index is 12.1. The number of nitrogens with one attached hydrogen (secondary N) is 1. The second-order valence-electron chi connectivity index (χ2n) is 3.96. The second kappa shape index (κ2) is 6.67. The third-order valence-corrected chi connectivity index (χ3v) is 3.88. The third-order valence-electron chi connectivity index (χ3n) is 2.38. The number of pyridine rings is 1. The molecule has 0 fully saturated rings. The van der Waals surface area contributed by atoms with Crippen LogP contribution < -0.4 is 10.5 Å². The molecule has 0 saturated carbocycles. The van der Waals surface area contributed by atoms with Gasteiger partial charge in [-0.2, -0.15) is 0 Å². The number of aromatic nitrogens is 1. The molecule has 0 spiro atoms. The van der Waals surface area contributed by atoms with E-state index < -0.39 is 10.0 Å². The standard InChI is InChI=1S/C11H19N3O3S/c1-3-5-9(8-17-2)14-18(15,16)11-10(12)6-4-7-13-11/h4,6-7,9,14H,3,5,8,12H2,1-2H3. The van der Waals surface area contributed by atoms with Crippen LogP contribution in [0.25, 0.3) is 0 Å². The molecular weight excluding hydrogens is 254 g/mol. The number of ether oxygens (including phenoxy) is 1. The van der Waals surface area contributed by atoms with E-state index in [1.165, 1.54) is 19.4 Å². The molecule has 18 heavy (non-hydrogen) atoms. The van der Waals surface area contributed by atoms with Crippen LogP contribution in [0, 0.1) is 0 Å². The summed E-state index contributed by atoms with van der Waals surface area (Å²) in [6.45, 7) is 2.30. The van der Waals surface area contributed by atoms with Gasteiger partial charge in [0.25, 0.3) is 10.0 Å². The maximum absolute atomic E-state index is 12.1. The number of anilines is 1. The van der Waals surface area contributed by atoms with Crippen molar-refractivity contribution in [3.8, 4) is 0 Å². The number of hydrogen-bond acceptors (Lipinski definition) is 5. The predicted octanol–water partition coefficient (Wildman–Crippen LogP) is 0.757. The van der Waals surface area contributed by atoms with Crippen LogP contribution in [0.15, 0.2) is 23.4 Å². The van der Waals surface area contributed by atoms with Crippen LogP contribution in [0.2, 0.25) is 0 Å². The van der Waals surface area contributed by atoms with Gasteiger partial charge < -0.3 is 10.5 Å². The highest BCUT2D eigenvalue weighted by atomic mass is 32.2. The Morgan fingerprint density at radius 2 is 2.28 bits per heavy atom. The van der Waals surface area contributed by atoms with Crippen molar-refractivity contribution in [3.05, 3.63) is 18.3 Å². The van der Waals surface area contributed by atoms with Crippen molar-refractivity contribution >= 4 is 15.7 Å². The SMILES string of the molecule is CCCC(COC)NS(=O)(=O)c1ncccc1N. The highest BCUT2D eigenvalue weighted by Crippen LogP contribution is 2.14. The first-order chi connectivity index (χ1) is 8.51. The molecule has 102 valence electrons. The Labute approximate surface area is 108 Å². The molecule has 0 bridgehead atoms. The lowest BCUT2D eigenvalue weighted by molar-refractivity contribution is 0.171. The molecule has 0 amide bonds. The van der Waals surface area contributed by atoms with Crippen LogP contribution in [0.1, 0.15) is 19.8 Å². The lowest BCUT2D eigenvalue weighted by Crippen LogP contribution is -2.38. The lowest BCUT2D eigenvalue weighted by atomic mass is 10.2. The van der Waals surface area contributed by atoms with Gasteiger partial charge in [-0.3, -0.25) is 0 Å². The van der Waals surface area contributed by atoms with Gasteiger partial charge in [-0.1, -0.05) is 13.3 Å². The molecule has 6 nitrogen and oxygen atoms in total. The summed E-state index contributed by atoms with van der Waals surface area (Å²) < 4.78 is 31.8. The van der Waals surface area contributed by atoms with E-state index in [0.29, 0.717) is 13.0 Å².